The van der Waals surface area contributed by atoms with Crippen molar-refractivity contribution in [2.24, 2.45) is 10.9 Å². The third-order valence-corrected chi connectivity index (χ3v) is 1.58. The van der Waals surface area contributed by atoms with Gasteiger partial charge in [-0.05, 0) is 18.4 Å². The minimum atomic E-state index is 0.369. The molecule has 0 atom stereocenters. The fourth-order valence-electron chi connectivity index (χ4n) is 0.826. The van der Waals surface area contributed by atoms with Crippen LogP contribution in [0.4, 0.5) is 0 Å². The van der Waals surface area contributed by atoms with Crippen molar-refractivity contribution in [2.75, 3.05) is 7.05 Å². The summed E-state index contributed by atoms with van der Waals surface area (Å²) < 4.78 is 0. The monoisotopic (exact) mass is 152 g/mol. The van der Waals surface area contributed by atoms with Crippen molar-refractivity contribution in [3.63, 3.8) is 0 Å². The molecule has 0 aromatic rings. The first-order valence-corrected chi connectivity index (χ1v) is 3.72. The molecule has 0 radical (unpaired) electrons. The Bertz CT molecular complexity index is 200. The maximum atomic E-state index is 7.38. The molecule has 62 valence electrons. The number of allylic oxidation sites excluding steroid dienone is 1. The van der Waals surface area contributed by atoms with E-state index in [2.05, 4.69) is 25.4 Å². The normalized spacial score (nSPS) is 11.9. The summed E-state index contributed by atoms with van der Waals surface area (Å²) in [5, 5.41) is 7.38. The van der Waals surface area contributed by atoms with Crippen molar-refractivity contribution in [3.05, 3.63) is 12.2 Å². The maximum Gasteiger partial charge on any atom is 0.0804 e. The molecule has 0 aromatic heterocycles. The lowest BCUT2D eigenvalue weighted by atomic mass is 9.98. The molecule has 2 heteroatoms. The van der Waals surface area contributed by atoms with E-state index in [4.69, 9.17) is 5.41 Å². The van der Waals surface area contributed by atoms with E-state index >= 15 is 0 Å². The molecule has 0 bridgehead atoms. The Hall–Kier alpha value is -0.920. The molecule has 0 unspecified atom stereocenters. The summed E-state index contributed by atoms with van der Waals surface area (Å²) in [4.78, 5) is 4.00. The average Bonchev–Trinajstić information content (AvgIpc) is 1.88. The second-order valence-corrected chi connectivity index (χ2v) is 2.88. The van der Waals surface area contributed by atoms with Crippen molar-refractivity contribution in [1.82, 2.24) is 0 Å². The van der Waals surface area contributed by atoms with E-state index in [9.17, 15) is 0 Å². The van der Waals surface area contributed by atoms with Gasteiger partial charge in [-0.3, -0.25) is 4.99 Å². The Morgan fingerprint density at radius 3 is 2.00 bits per heavy atom. The summed E-state index contributed by atoms with van der Waals surface area (Å²) in [6, 6.07) is 0. The van der Waals surface area contributed by atoms with Gasteiger partial charge in [0.25, 0.3) is 0 Å². The van der Waals surface area contributed by atoms with Crippen LogP contribution in [0.3, 0.4) is 0 Å². The van der Waals surface area contributed by atoms with Gasteiger partial charge >= 0.3 is 0 Å². The van der Waals surface area contributed by atoms with Gasteiger partial charge in [0, 0.05) is 7.05 Å². The van der Waals surface area contributed by atoms with Crippen LogP contribution in [0.25, 0.3) is 0 Å². The minimum absolute atomic E-state index is 0.369. The highest BCUT2D eigenvalue weighted by Crippen LogP contribution is 2.09. The molecule has 0 aliphatic rings. The van der Waals surface area contributed by atoms with E-state index in [-0.39, 0.29) is 0 Å². The molecule has 0 aliphatic heterocycles. The average molecular weight is 152 g/mol. The van der Waals surface area contributed by atoms with Gasteiger partial charge in [0.2, 0.25) is 0 Å². The summed E-state index contributed by atoms with van der Waals surface area (Å²) in [6.45, 7) is 9.71. The molecule has 0 amide bonds. The summed E-state index contributed by atoms with van der Waals surface area (Å²) >= 11 is 0. The van der Waals surface area contributed by atoms with Crippen LogP contribution in [0.1, 0.15) is 20.8 Å². The number of nitrogens with zero attached hydrogens (tertiary/aromatic N) is 1. The van der Waals surface area contributed by atoms with E-state index < -0.39 is 0 Å². The second kappa shape index (κ2) is 4.06. The number of rotatable bonds is 3. The first-order valence-electron chi connectivity index (χ1n) is 3.72. The zero-order valence-corrected chi connectivity index (χ0v) is 7.73. The van der Waals surface area contributed by atoms with E-state index in [0.29, 0.717) is 11.6 Å². The van der Waals surface area contributed by atoms with Gasteiger partial charge in [-0.25, -0.2) is 0 Å². The Morgan fingerprint density at radius 2 is 1.91 bits per heavy atom. The van der Waals surface area contributed by atoms with Crippen LogP contribution in [0, 0.1) is 11.3 Å². The lowest BCUT2D eigenvalue weighted by molar-refractivity contribution is 0.807. The molecule has 0 saturated heterocycles. The smallest absolute Gasteiger partial charge is 0.0804 e. The fraction of sp³-hybridized carbons (Fsp3) is 0.556. The van der Waals surface area contributed by atoms with Crippen LogP contribution < -0.4 is 0 Å². The molecule has 0 aromatic carbocycles. The molecule has 0 aliphatic carbocycles. The van der Waals surface area contributed by atoms with Crippen LogP contribution in [0.2, 0.25) is 0 Å². The molecule has 0 saturated carbocycles. The Balaban J connectivity index is 4.55. The first kappa shape index (κ1) is 10.1. The van der Waals surface area contributed by atoms with Crippen molar-refractivity contribution in [1.29, 1.82) is 5.41 Å². The van der Waals surface area contributed by atoms with Crippen molar-refractivity contribution >= 4 is 11.4 Å². The third-order valence-electron chi connectivity index (χ3n) is 1.58. The highest BCUT2D eigenvalue weighted by atomic mass is 14.7. The summed E-state index contributed by atoms with van der Waals surface area (Å²) in [6.07, 6.45) is 0. The lowest BCUT2D eigenvalue weighted by Crippen LogP contribution is -2.15. The van der Waals surface area contributed by atoms with Crippen LogP contribution in [-0.4, -0.2) is 18.5 Å². The van der Waals surface area contributed by atoms with Gasteiger partial charge in [0.15, 0.2) is 0 Å². The van der Waals surface area contributed by atoms with Gasteiger partial charge in [-0.2, -0.15) is 0 Å². The fourth-order valence-corrected chi connectivity index (χ4v) is 0.826. The standard InChI is InChI=1S/C9H16N2/c1-6(2)7(3)9(11-5)8(4)10/h6,10H,3H2,1-2,4-5H3/b10-8?,11-9-. The first-order chi connectivity index (χ1) is 5.00. The van der Waals surface area contributed by atoms with Gasteiger partial charge < -0.3 is 5.41 Å². The molecule has 0 rings (SSSR count). The van der Waals surface area contributed by atoms with Gasteiger partial charge in [-0.1, -0.05) is 20.4 Å². The predicted octanol–water partition coefficient (Wildman–Crippen LogP) is 2.31. The number of hydrogen-bond donors (Lipinski definition) is 1. The van der Waals surface area contributed by atoms with Crippen LogP contribution >= 0.6 is 0 Å². The molecule has 0 spiro atoms. The Labute approximate surface area is 68.5 Å². The lowest BCUT2D eigenvalue weighted by Gasteiger charge is -2.10. The molecule has 2 nitrogen and oxygen atoms in total. The third kappa shape index (κ3) is 2.66. The van der Waals surface area contributed by atoms with Crippen LogP contribution in [-0.2, 0) is 0 Å². The van der Waals surface area contributed by atoms with E-state index in [1.807, 2.05) is 0 Å². The number of nitrogens with one attached hydrogen (secondary N) is 1. The highest BCUT2D eigenvalue weighted by molar-refractivity contribution is 6.46. The summed E-state index contributed by atoms with van der Waals surface area (Å²) in [5.74, 6) is 0.369. The quantitative estimate of drug-likeness (QED) is 0.602. The van der Waals surface area contributed by atoms with Crippen molar-refractivity contribution in [2.45, 2.75) is 20.8 Å². The Morgan fingerprint density at radius 1 is 1.45 bits per heavy atom. The zero-order valence-electron chi connectivity index (χ0n) is 7.73. The number of aliphatic imine (C=N–C) groups is 1. The second-order valence-electron chi connectivity index (χ2n) is 2.88. The maximum absolute atomic E-state index is 7.38. The van der Waals surface area contributed by atoms with Gasteiger partial charge in [0.1, 0.15) is 0 Å². The largest absolute Gasteiger partial charge is 0.303 e. The van der Waals surface area contributed by atoms with Crippen LogP contribution in [0.15, 0.2) is 17.1 Å². The predicted molar refractivity (Wildman–Crippen MR) is 50.7 cm³/mol. The topological polar surface area (TPSA) is 36.2 Å². The van der Waals surface area contributed by atoms with Crippen molar-refractivity contribution < 1.29 is 0 Å². The molecule has 1 N–H and O–H groups in total. The van der Waals surface area contributed by atoms with E-state index in [1.165, 1.54) is 0 Å². The van der Waals surface area contributed by atoms with Crippen molar-refractivity contribution in [3.8, 4) is 0 Å². The molecular weight excluding hydrogens is 136 g/mol. The van der Waals surface area contributed by atoms with Crippen LogP contribution in [0.5, 0.6) is 0 Å². The molecule has 0 fully saturated rings. The molecule has 0 heterocycles. The molecule has 11 heavy (non-hydrogen) atoms. The van der Waals surface area contributed by atoms with E-state index in [0.717, 1.165) is 11.3 Å². The highest BCUT2D eigenvalue weighted by Gasteiger charge is 2.08. The summed E-state index contributed by atoms with van der Waals surface area (Å²) in [7, 11) is 1.70. The van der Waals surface area contributed by atoms with Gasteiger partial charge in [-0.15, -0.1) is 0 Å². The minimum Gasteiger partial charge on any atom is -0.303 e. The van der Waals surface area contributed by atoms with Gasteiger partial charge in [0.05, 0.1) is 11.4 Å². The molecular formula is C9H16N2. The Kier molecular flexibility index (Phi) is 3.72. The van der Waals surface area contributed by atoms with E-state index in [1.54, 1.807) is 14.0 Å². The SMILES string of the molecule is C=C(/C(=N/C)C(C)=N)C(C)C. The summed E-state index contributed by atoms with van der Waals surface area (Å²) in [5.41, 5.74) is 2.17. The zero-order chi connectivity index (χ0) is 9.02. The number of hydrogen-bond acceptors (Lipinski definition) is 2.